The maximum absolute atomic E-state index is 12.0. The third-order valence-corrected chi connectivity index (χ3v) is 4.38. The van der Waals surface area contributed by atoms with Gasteiger partial charge in [0, 0.05) is 31.2 Å². The van der Waals surface area contributed by atoms with E-state index in [2.05, 4.69) is 10.2 Å². The lowest BCUT2D eigenvalue weighted by Crippen LogP contribution is -2.46. The Bertz CT molecular complexity index is 649. The molecule has 22 heavy (non-hydrogen) atoms. The standard InChI is InChI=1S/C16H20N4O2/c17-10-13-2-1-7-20(16(13)22)11-19-8-5-14(6-9-19)18-15(21)12-3-4-12/h1-2,7,12,14H,3-6,8-9,11H2,(H,18,21). The Morgan fingerprint density at radius 2 is 2.05 bits per heavy atom. The number of carbonyl (C=O) groups is 1. The number of aromatic nitrogens is 1. The van der Waals surface area contributed by atoms with Crippen molar-refractivity contribution in [3.63, 3.8) is 0 Å². The van der Waals surface area contributed by atoms with Crippen LogP contribution in [-0.4, -0.2) is 34.5 Å². The largest absolute Gasteiger partial charge is 0.353 e. The van der Waals surface area contributed by atoms with E-state index < -0.39 is 0 Å². The second kappa shape index (κ2) is 6.32. The summed E-state index contributed by atoms with van der Waals surface area (Å²) < 4.78 is 1.57. The van der Waals surface area contributed by atoms with Crippen LogP contribution in [0.3, 0.4) is 0 Å². The number of amides is 1. The molecule has 6 heteroatoms. The van der Waals surface area contributed by atoms with Gasteiger partial charge in [0.25, 0.3) is 5.56 Å². The molecule has 0 spiro atoms. The van der Waals surface area contributed by atoms with Crippen molar-refractivity contribution in [1.82, 2.24) is 14.8 Å². The molecule has 2 heterocycles. The molecule has 1 amide bonds. The molecule has 0 aromatic carbocycles. The van der Waals surface area contributed by atoms with Crippen molar-refractivity contribution in [1.29, 1.82) is 5.26 Å². The molecule has 1 N–H and O–H groups in total. The summed E-state index contributed by atoms with van der Waals surface area (Å²) in [5.41, 5.74) is -0.0664. The number of nitriles is 1. The maximum Gasteiger partial charge on any atom is 0.269 e. The fourth-order valence-corrected chi connectivity index (χ4v) is 2.83. The summed E-state index contributed by atoms with van der Waals surface area (Å²) in [5.74, 6) is 0.460. The second-order valence-corrected chi connectivity index (χ2v) is 6.13. The Morgan fingerprint density at radius 3 is 2.68 bits per heavy atom. The van der Waals surface area contributed by atoms with Crippen molar-refractivity contribution in [3.8, 4) is 6.07 Å². The number of nitrogens with one attached hydrogen (secondary N) is 1. The first-order valence-corrected chi connectivity index (χ1v) is 7.79. The van der Waals surface area contributed by atoms with E-state index in [1.165, 1.54) is 0 Å². The van der Waals surface area contributed by atoms with Crippen molar-refractivity contribution in [2.75, 3.05) is 13.1 Å². The van der Waals surface area contributed by atoms with Gasteiger partial charge in [0.15, 0.2) is 0 Å². The Labute approximate surface area is 129 Å². The van der Waals surface area contributed by atoms with Gasteiger partial charge in [0.1, 0.15) is 11.6 Å². The average molecular weight is 300 g/mol. The monoisotopic (exact) mass is 300 g/mol. The molecule has 1 saturated carbocycles. The second-order valence-electron chi connectivity index (χ2n) is 6.13. The van der Waals surface area contributed by atoms with Crippen LogP contribution in [-0.2, 0) is 11.5 Å². The molecular formula is C16H20N4O2. The predicted octanol–water partition coefficient (Wildman–Crippen LogP) is 0.668. The van der Waals surface area contributed by atoms with E-state index in [9.17, 15) is 9.59 Å². The van der Waals surface area contributed by atoms with Crippen molar-refractivity contribution in [3.05, 3.63) is 34.2 Å². The fourth-order valence-electron chi connectivity index (χ4n) is 2.83. The molecule has 0 radical (unpaired) electrons. The SMILES string of the molecule is N#Cc1cccn(CN2CCC(NC(=O)C3CC3)CC2)c1=O. The number of nitrogens with zero attached hydrogens (tertiary/aromatic N) is 3. The van der Waals surface area contributed by atoms with Crippen molar-refractivity contribution >= 4 is 5.91 Å². The zero-order chi connectivity index (χ0) is 15.5. The number of hydrogen-bond acceptors (Lipinski definition) is 4. The maximum atomic E-state index is 12.0. The Balaban J connectivity index is 1.53. The van der Waals surface area contributed by atoms with Crippen molar-refractivity contribution in [2.45, 2.75) is 38.4 Å². The van der Waals surface area contributed by atoms with E-state index in [4.69, 9.17) is 5.26 Å². The van der Waals surface area contributed by atoms with E-state index in [-0.39, 0.29) is 29.0 Å². The molecule has 1 aliphatic heterocycles. The molecular weight excluding hydrogens is 280 g/mol. The minimum atomic E-state index is -0.242. The molecule has 2 aliphatic rings. The van der Waals surface area contributed by atoms with Gasteiger partial charge in [-0.25, -0.2) is 0 Å². The lowest BCUT2D eigenvalue weighted by molar-refractivity contribution is -0.123. The smallest absolute Gasteiger partial charge is 0.269 e. The highest BCUT2D eigenvalue weighted by Gasteiger charge is 2.31. The summed E-state index contributed by atoms with van der Waals surface area (Å²) in [7, 11) is 0. The number of carbonyl (C=O) groups excluding carboxylic acids is 1. The summed E-state index contributed by atoms with van der Waals surface area (Å²) in [4.78, 5) is 26.0. The number of piperidine rings is 1. The molecule has 116 valence electrons. The molecule has 0 atom stereocenters. The number of rotatable bonds is 4. The quantitative estimate of drug-likeness (QED) is 0.886. The highest BCUT2D eigenvalue weighted by atomic mass is 16.2. The van der Waals surface area contributed by atoms with Gasteiger partial charge in [-0.15, -0.1) is 0 Å². The molecule has 3 rings (SSSR count). The van der Waals surface area contributed by atoms with E-state index in [0.29, 0.717) is 6.67 Å². The molecule has 0 bridgehead atoms. The van der Waals surface area contributed by atoms with E-state index >= 15 is 0 Å². The van der Waals surface area contributed by atoms with Gasteiger partial charge in [0.05, 0.1) is 6.67 Å². The molecule has 0 unspecified atom stereocenters. The van der Waals surface area contributed by atoms with Crippen LogP contribution < -0.4 is 10.9 Å². The minimum Gasteiger partial charge on any atom is -0.353 e. The van der Waals surface area contributed by atoms with Crippen LogP contribution in [0.1, 0.15) is 31.2 Å². The predicted molar refractivity (Wildman–Crippen MR) is 80.9 cm³/mol. The molecule has 6 nitrogen and oxygen atoms in total. The zero-order valence-electron chi connectivity index (χ0n) is 12.5. The zero-order valence-corrected chi connectivity index (χ0v) is 12.5. The van der Waals surface area contributed by atoms with E-state index in [1.807, 2.05) is 6.07 Å². The summed E-state index contributed by atoms with van der Waals surface area (Å²) in [6, 6.07) is 5.44. The van der Waals surface area contributed by atoms with Crippen LogP contribution in [0.5, 0.6) is 0 Å². The minimum absolute atomic E-state index is 0.175. The van der Waals surface area contributed by atoms with E-state index in [0.717, 1.165) is 38.8 Å². The summed E-state index contributed by atoms with van der Waals surface area (Å²) in [5, 5.41) is 12.0. The van der Waals surface area contributed by atoms with Crippen LogP contribution in [0, 0.1) is 17.2 Å². The van der Waals surface area contributed by atoms with Crippen LogP contribution >= 0.6 is 0 Å². The van der Waals surface area contributed by atoms with Crippen molar-refractivity contribution in [2.24, 2.45) is 5.92 Å². The summed E-state index contributed by atoms with van der Waals surface area (Å²) >= 11 is 0. The van der Waals surface area contributed by atoms with Gasteiger partial charge in [0.2, 0.25) is 5.91 Å². The van der Waals surface area contributed by atoms with Gasteiger partial charge < -0.3 is 9.88 Å². The summed E-state index contributed by atoms with van der Waals surface area (Å²) in [6.45, 7) is 2.19. The first-order valence-electron chi connectivity index (χ1n) is 7.79. The van der Waals surface area contributed by atoms with Gasteiger partial charge in [-0.2, -0.15) is 5.26 Å². The molecule has 1 aromatic rings. The summed E-state index contributed by atoms with van der Waals surface area (Å²) in [6.07, 6.45) is 5.59. The average Bonchev–Trinajstić information content (AvgIpc) is 3.36. The highest BCUT2D eigenvalue weighted by molar-refractivity contribution is 5.81. The number of likely N-dealkylation sites (tertiary alicyclic amines) is 1. The molecule has 1 saturated heterocycles. The van der Waals surface area contributed by atoms with E-state index in [1.54, 1.807) is 22.9 Å². The van der Waals surface area contributed by atoms with Crippen molar-refractivity contribution < 1.29 is 4.79 Å². The first kappa shape index (κ1) is 14.8. The molecule has 2 fully saturated rings. The van der Waals surface area contributed by atoms with Crippen LogP contribution in [0.2, 0.25) is 0 Å². The Kier molecular flexibility index (Phi) is 4.25. The Hall–Kier alpha value is -2.13. The first-order chi connectivity index (χ1) is 10.7. The lowest BCUT2D eigenvalue weighted by Gasteiger charge is -2.32. The highest BCUT2D eigenvalue weighted by Crippen LogP contribution is 2.29. The normalized spacial score (nSPS) is 19.6. The number of pyridine rings is 1. The van der Waals surface area contributed by atoms with Crippen LogP contribution in [0.15, 0.2) is 23.1 Å². The van der Waals surface area contributed by atoms with Crippen LogP contribution in [0.25, 0.3) is 0 Å². The van der Waals surface area contributed by atoms with Gasteiger partial charge in [-0.3, -0.25) is 14.5 Å². The van der Waals surface area contributed by atoms with Gasteiger partial charge in [-0.1, -0.05) is 0 Å². The molecule has 1 aliphatic carbocycles. The topological polar surface area (TPSA) is 78.1 Å². The Morgan fingerprint density at radius 1 is 1.32 bits per heavy atom. The van der Waals surface area contributed by atoms with Crippen LogP contribution in [0.4, 0.5) is 0 Å². The number of hydrogen-bond donors (Lipinski definition) is 1. The molecule has 1 aromatic heterocycles. The fraction of sp³-hybridized carbons (Fsp3) is 0.562. The lowest BCUT2D eigenvalue weighted by atomic mass is 10.1. The van der Waals surface area contributed by atoms with Gasteiger partial charge in [-0.05, 0) is 37.8 Å². The van der Waals surface area contributed by atoms with Gasteiger partial charge >= 0.3 is 0 Å². The third-order valence-electron chi connectivity index (χ3n) is 4.38. The third kappa shape index (κ3) is 3.37.